The summed E-state index contributed by atoms with van der Waals surface area (Å²) in [6.45, 7) is 5.67. The predicted molar refractivity (Wildman–Crippen MR) is 91.2 cm³/mol. The summed E-state index contributed by atoms with van der Waals surface area (Å²) < 4.78 is 0. The average Bonchev–Trinajstić information content (AvgIpc) is 2.93. The summed E-state index contributed by atoms with van der Waals surface area (Å²) in [6, 6.07) is 10.5. The first-order valence-corrected chi connectivity index (χ1v) is 8.52. The highest BCUT2D eigenvalue weighted by molar-refractivity contribution is 7.09. The van der Waals surface area contributed by atoms with Crippen LogP contribution in [0.25, 0.3) is 0 Å². The number of likely N-dealkylation sites (N-methyl/N-ethyl adjacent to an activating group) is 1. The van der Waals surface area contributed by atoms with Gasteiger partial charge >= 0.3 is 0 Å². The monoisotopic (exact) mass is 317 g/mol. The van der Waals surface area contributed by atoms with Crippen LogP contribution in [0.1, 0.15) is 30.1 Å². The molecule has 0 aliphatic rings. The van der Waals surface area contributed by atoms with E-state index in [0.717, 1.165) is 23.7 Å². The van der Waals surface area contributed by atoms with E-state index in [1.807, 2.05) is 23.6 Å². The first-order chi connectivity index (χ1) is 10.7. The third kappa shape index (κ3) is 5.58. The van der Waals surface area contributed by atoms with Crippen LogP contribution in [-0.2, 0) is 17.6 Å². The van der Waals surface area contributed by atoms with Gasteiger partial charge in [0.15, 0.2) is 0 Å². The Morgan fingerprint density at radius 2 is 2.09 bits per heavy atom. The van der Waals surface area contributed by atoms with Crippen LogP contribution in [0.4, 0.5) is 0 Å². The summed E-state index contributed by atoms with van der Waals surface area (Å²) in [5.74, 6) is 0.0290. The standard InChI is InChI=1S/C17H23N3OS/c1-3-18-13(2)11-19-16(21)10-15-12-22-17(20-15)9-14-7-5-4-6-8-14/h4-8,12-13,18H,3,9-11H2,1-2H3,(H,19,21)/t13-/m1/s1. The molecule has 5 heteroatoms. The fourth-order valence-corrected chi connectivity index (χ4v) is 3.02. The molecule has 1 aromatic heterocycles. The van der Waals surface area contributed by atoms with Crippen LogP contribution in [0.5, 0.6) is 0 Å². The number of thiazole rings is 1. The molecule has 1 amide bonds. The molecule has 0 aliphatic carbocycles. The molecule has 2 aromatic rings. The van der Waals surface area contributed by atoms with Gasteiger partial charge in [-0.05, 0) is 19.0 Å². The molecule has 0 aliphatic heterocycles. The van der Waals surface area contributed by atoms with Gasteiger partial charge in [0.05, 0.1) is 17.1 Å². The minimum atomic E-state index is 0.0290. The molecule has 0 unspecified atom stereocenters. The Bertz CT molecular complexity index is 583. The van der Waals surface area contributed by atoms with Crippen LogP contribution >= 0.6 is 11.3 Å². The fraction of sp³-hybridized carbons (Fsp3) is 0.412. The highest BCUT2D eigenvalue weighted by Crippen LogP contribution is 2.15. The second-order valence-corrected chi connectivity index (χ2v) is 6.28. The Hall–Kier alpha value is -1.72. The summed E-state index contributed by atoms with van der Waals surface area (Å²) in [4.78, 5) is 16.5. The van der Waals surface area contributed by atoms with E-state index < -0.39 is 0 Å². The number of benzene rings is 1. The zero-order chi connectivity index (χ0) is 15.8. The number of nitrogens with zero attached hydrogens (tertiary/aromatic N) is 1. The number of amides is 1. The van der Waals surface area contributed by atoms with E-state index in [0.29, 0.717) is 13.0 Å². The Labute approximate surface area is 136 Å². The molecule has 0 saturated carbocycles. The van der Waals surface area contributed by atoms with E-state index in [1.165, 1.54) is 5.56 Å². The maximum Gasteiger partial charge on any atom is 0.226 e. The number of rotatable bonds is 8. The van der Waals surface area contributed by atoms with Gasteiger partial charge in [-0.2, -0.15) is 0 Å². The molecular formula is C17H23N3OS. The normalized spacial score (nSPS) is 12.1. The third-order valence-electron chi connectivity index (χ3n) is 3.30. The van der Waals surface area contributed by atoms with Gasteiger partial charge in [0, 0.05) is 24.4 Å². The number of aromatic nitrogens is 1. The third-order valence-corrected chi connectivity index (χ3v) is 4.19. The van der Waals surface area contributed by atoms with E-state index >= 15 is 0 Å². The molecule has 0 fully saturated rings. The zero-order valence-electron chi connectivity index (χ0n) is 13.1. The van der Waals surface area contributed by atoms with Crippen molar-refractivity contribution in [1.82, 2.24) is 15.6 Å². The lowest BCUT2D eigenvalue weighted by atomic mass is 10.2. The van der Waals surface area contributed by atoms with Gasteiger partial charge in [-0.25, -0.2) is 4.98 Å². The van der Waals surface area contributed by atoms with Crippen molar-refractivity contribution in [2.24, 2.45) is 0 Å². The van der Waals surface area contributed by atoms with E-state index in [1.54, 1.807) is 11.3 Å². The minimum absolute atomic E-state index is 0.0290. The topological polar surface area (TPSA) is 54.0 Å². The molecule has 0 saturated heterocycles. The van der Waals surface area contributed by atoms with Crippen molar-refractivity contribution in [3.8, 4) is 0 Å². The molecule has 0 spiro atoms. The molecule has 2 N–H and O–H groups in total. The second kappa shape index (κ2) is 8.66. The van der Waals surface area contributed by atoms with Crippen molar-refractivity contribution in [2.75, 3.05) is 13.1 Å². The minimum Gasteiger partial charge on any atom is -0.354 e. The van der Waals surface area contributed by atoms with E-state index in [-0.39, 0.29) is 11.9 Å². The second-order valence-electron chi connectivity index (χ2n) is 5.33. The van der Waals surface area contributed by atoms with Gasteiger partial charge in [0.1, 0.15) is 0 Å². The zero-order valence-corrected chi connectivity index (χ0v) is 14.0. The van der Waals surface area contributed by atoms with Gasteiger partial charge < -0.3 is 10.6 Å². The molecule has 118 valence electrons. The largest absolute Gasteiger partial charge is 0.354 e. The Kier molecular flexibility index (Phi) is 6.55. The molecule has 22 heavy (non-hydrogen) atoms. The highest BCUT2D eigenvalue weighted by Gasteiger charge is 2.09. The predicted octanol–water partition coefficient (Wildman–Crippen LogP) is 2.39. The van der Waals surface area contributed by atoms with Crippen molar-refractivity contribution in [1.29, 1.82) is 0 Å². The SMILES string of the molecule is CCN[C@H](C)CNC(=O)Cc1csc(Cc2ccccc2)n1. The van der Waals surface area contributed by atoms with Gasteiger partial charge in [0.25, 0.3) is 0 Å². The Morgan fingerprint density at radius 3 is 2.82 bits per heavy atom. The van der Waals surface area contributed by atoms with Crippen molar-refractivity contribution >= 4 is 17.2 Å². The fourth-order valence-electron chi connectivity index (χ4n) is 2.20. The number of nitrogens with one attached hydrogen (secondary N) is 2. The summed E-state index contributed by atoms with van der Waals surface area (Å²) in [5, 5.41) is 9.23. The van der Waals surface area contributed by atoms with Crippen LogP contribution < -0.4 is 10.6 Å². The average molecular weight is 317 g/mol. The number of hydrogen-bond donors (Lipinski definition) is 2. The lowest BCUT2D eigenvalue weighted by Gasteiger charge is -2.12. The van der Waals surface area contributed by atoms with Crippen molar-refractivity contribution in [3.63, 3.8) is 0 Å². The molecular weight excluding hydrogens is 294 g/mol. The molecule has 4 nitrogen and oxygen atoms in total. The van der Waals surface area contributed by atoms with Crippen molar-refractivity contribution in [2.45, 2.75) is 32.7 Å². The lowest BCUT2D eigenvalue weighted by Crippen LogP contribution is -2.39. The first kappa shape index (κ1) is 16.6. The number of carbonyl (C=O) groups excluding carboxylic acids is 1. The van der Waals surface area contributed by atoms with E-state index in [2.05, 4.69) is 41.6 Å². The van der Waals surface area contributed by atoms with Gasteiger partial charge in [-0.15, -0.1) is 11.3 Å². The van der Waals surface area contributed by atoms with Crippen molar-refractivity contribution < 1.29 is 4.79 Å². The first-order valence-electron chi connectivity index (χ1n) is 7.64. The van der Waals surface area contributed by atoms with Crippen LogP contribution in [0.15, 0.2) is 35.7 Å². The Morgan fingerprint density at radius 1 is 1.32 bits per heavy atom. The van der Waals surface area contributed by atoms with Crippen LogP contribution in [0.3, 0.4) is 0 Å². The highest BCUT2D eigenvalue weighted by atomic mass is 32.1. The van der Waals surface area contributed by atoms with Crippen molar-refractivity contribution in [3.05, 3.63) is 52.0 Å². The maximum atomic E-state index is 11.9. The number of carbonyl (C=O) groups is 1. The Balaban J connectivity index is 1.80. The molecule has 1 atom stereocenters. The summed E-state index contributed by atoms with van der Waals surface area (Å²) >= 11 is 1.62. The summed E-state index contributed by atoms with van der Waals surface area (Å²) in [6.07, 6.45) is 1.18. The van der Waals surface area contributed by atoms with Gasteiger partial charge in [0.2, 0.25) is 5.91 Å². The quantitative estimate of drug-likeness (QED) is 0.786. The smallest absolute Gasteiger partial charge is 0.226 e. The number of hydrogen-bond acceptors (Lipinski definition) is 4. The molecule has 0 bridgehead atoms. The summed E-state index contributed by atoms with van der Waals surface area (Å²) in [5.41, 5.74) is 2.09. The molecule has 1 aromatic carbocycles. The molecule has 2 rings (SSSR count). The van der Waals surface area contributed by atoms with Crippen LogP contribution in [-0.4, -0.2) is 30.0 Å². The maximum absolute atomic E-state index is 11.9. The van der Waals surface area contributed by atoms with E-state index in [4.69, 9.17) is 0 Å². The summed E-state index contributed by atoms with van der Waals surface area (Å²) in [7, 11) is 0. The van der Waals surface area contributed by atoms with E-state index in [9.17, 15) is 4.79 Å². The van der Waals surface area contributed by atoms with Gasteiger partial charge in [-0.3, -0.25) is 4.79 Å². The molecule has 1 heterocycles. The lowest BCUT2D eigenvalue weighted by molar-refractivity contribution is -0.120. The van der Waals surface area contributed by atoms with Gasteiger partial charge in [-0.1, -0.05) is 37.3 Å². The molecule has 0 radical (unpaired) electrons. The van der Waals surface area contributed by atoms with Crippen LogP contribution in [0.2, 0.25) is 0 Å². The van der Waals surface area contributed by atoms with Crippen LogP contribution in [0, 0.1) is 0 Å².